The van der Waals surface area contributed by atoms with Crippen molar-refractivity contribution >= 4 is 23.8 Å². The zero-order valence-electron chi connectivity index (χ0n) is 11.7. The molecular formula is C14H18FN2O3S-. The largest absolute Gasteiger partial charge is 0.548 e. The molecular weight excluding hydrogens is 295 g/mol. The van der Waals surface area contributed by atoms with E-state index >= 15 is 0 Å². The Morgan fingerprint density at radius 2 is 2.00 bits per heavy atom. The number of benzene rings is 1. The summed E-state index contributed by atoms with van der Waals surface area (Å²) >= 11 is 1.50. The van der Waals surface area contributed by atoms with Crippen LogP contribution in [0.3, 0.4) is 0 Å². The second-order valence-electron chi connectivity index (χ2n) is 4.43. The lowest BCUT2D eigenvalue weighted by atomic mass is 10.1. The number of halogens is 1. The molecule has 116 valence electrons. The van der Waals surface area contributed by atoms with E-state index in [4.69, 9.17) is 0 Å². The molecule has 7 heteroatoms. The van der Waals surface area contributed by atoms with E-state index in [9.17, 15) is 19.1 Å². The van der Waals surface area contributed by atoms with Crippen molar-refractivity contribution in [2.75, 3.05) is 18.6 Å². The van der Waals surface area contributed by atoms with E-state index in [2.05, 4.69) is 10.6 Å². The summed E-state index contributed by atoms with van der Waals surface area (Å²) in [6.45, 7) is 0.333. The Bertz CT molecular complexity index is 468. The Morgan fingerprint density at radius 3 is 2.57 bits per heavy atom. The molecule has 0 aliphatic heterocycles. The maximum atomic E-state index is 12.7. The summed E-state index contributed by atoms with van der Waals surface area (Å²) in [6, 6.07) is 4.43. The van der Waals surface area contributed by atoms with E-state index in [1.165, 1.54) is 23.9 Å². The van der Waals surface area contributed by atoms with Gasteiger partial charge >= 0.3 is 6.03 Å². The van der Waals surface area contributed by atoms with Crippen LogP contribution in [0.25, 0.3) is 0 Å². The molecule has 0 heterocycles. The Balaban J connectivity index is 2.32. The molecule has 1 aromatic rings. The monoisotopic (exact) mass is 313 g/mol. The van der Waals surface area contributed by atoms with Gasteiger partial charge in [0, 0.05) is 6.54 Å². The van der Waals surface area contributed by atoms with Crippen molar-refractivity contribution in [3.8, 4) is 0 Å². The highest BCUT2D eigenvalue weighted by Crippen LogP contribution is 2.03. The molecule has 0 fully saturated rings. The number of carboxylic acids is 1. The predicted molar refractivity (Wildman–Crippen MR) is 78.4 cm³/mol. The summed E-state index contributed by atoms with van der Waals surface area (Å²) in [5.74, 6) is -0.984. The number of thioether (sulfide) groups is 1. The van der Waals surface area contributed by atoms with Gasteiger partial charge in [-0.05, 0) is 42.5 Å². The fraction of sp³-hybridized carbons (Fsp3) is 0.429. The second kappa shape index (κ2) is 9.23. The van der Waals surface area contributed by atoms with E-state index in [1.807, 2.05) is 6.26 Å². The van der Waals surface area contributed by atoms with Crippen molar-refractivity contribution < 1.29 is 19.1 Å². The number of amides is 2. The number of nitrogens with one attached hydrogen (secondary N) is 2. The first-order valence-electron chi connectivity index (χ1n) is 6.51. The summed E-state index contributed by atoms with van der Waals surface area (Å²) < 4.78 is 12.7. The first-order valence-corrected chi connectivity index (χ1v) is 7.91. The van der Waals surface area contributed by atoms with Gasteiger partial charge in [-0.3, -0.25) is 0 Å². The number of urea groups is 1. The van der Waals surface area contributed by atoms with Crippen molar-refractivity contribution in [1.82, 2.24) is 10.6 Å². The molecule has 0 radical (unpaired) electrons. The first kappa shape index (κ1) is 17.3. The van der Waals surface area contributed by atoms with Crippen LogP contribution in [0.5, 0.6) is 0 Å². The van der Waals surface area contributed by atoms with Crippen molar-refractivity contribution in [3.05, 3.63) is 35.6 Å². The van der Waals surface area contributed by atoms with Crippen LogP contribution in [0.1, 0.15) is 12.0 Å². The number of hydrogen-bond acceptors (Lipinski definition) is 4. The molecule has 5 nitrogen and oxygen atoms in total. The zero-order valence-corrected chi connectivity index (χ0v) is 12.5. The molecule has 2 N–H and O–H groups in total. The van der Waals surface area contributed by atoms with Crippen LogP contribution < -0.4 is 15.7 Å². The highest BCUT2D eigenvalue weighted by molar-refractivity contribution is 7.98. The first-order chi connectivity index (χ1) is 10.0. The minimum absolute atomic E-state index is 0.310. The van der Waals surface area contributed by atoms with Gasteiger partial charge < -0.3 is 20.5 Å². The zero-order chi connectivity index (χ0) is 15.7. The lowest BCUT2D eigenvalue weighted by Gasteiger charge is -2.19. The highest BCUT2D eigenvalue weighted by atomic mass is 32.2. The van der Waals surface area contributed by atoms with E-state index in [-0.39, 0.29) is 5.82 Å². The van der Waals surface area contributed by atoms with Gasteiger partial charge in [0.2, 0.25) is 0 Å². The molecule has 0 aliphatic rings. The molecule has 21 heavy (non-hydrogen) atoms. The molecule has 1 rings (SSSR count). The fourth-order valence-electron chi connectivity index (χ4n) is 1.67. The standard InChI is InChI=1S/C14H19FN2O3S/c1-21-9-7-12(13(18)19)17-14(20)16-8-6-10-2-4-11(15)5-3-10/h2-5,12H,6-9H2,1H3,(H,18,19)(H2,16,17,20)/p-1/t12-/m0/s1. The molecule has 0 spiro atoms. The van der Waals surface area contributed by atoms with Crippen LogP contribution in [-0.2, 0) is 11.2 Å². The third kappa shape index (κ3) is 6.99. The van der Waals surface area contributed by atoms with Crippen LogP contribution in [0.4, 0.5) is 9.18 Å². The van der Waals surface area contributed by atoms with Gasteiger partial charge in [-0.2, -0.15) is 11.8 Å². The summed E-state index contributed by atoms with van der Waals surface area (Å²) in [5, 5.41) is 15.8. The normalized spacial score (nSPS) is 11.7. The summed E-state index contributed by atoms with van der Waals surface area (Å²) in [6.07, 6.45) is 2.71. The number of carboxylic acid groups (broad SMARTS) is 1. The van der Waals surface area contributed by atoms with Gasteiger partial charge in [0.1, 0.15) is 5.82 Å². The topological polar surface area (TPSA) is 81.3 Å². The maximum Gasteiger partial charge on any atom is 0.315 e. The molecule has 1 aromatic carbocycles. The molecule has 2 amide bonds. The van der Waals surface area contributed by atoms with Crippen molar-refractivity contribution in [2.45, 2.75) is 18.9 Å². The summed E-state index contributed by atoms with van der Waals surface area (Å²) in [5.41, 5.74) is 0.885. The third-order valence-electron chi connectivity index (χ3n) is 2.81. The molecule has 0 saturated heterocycles. The van der Waals surface area contributed by atoms with Gasteiger partial charge in [-0.25, -0.2) is 9.18 Å². The molecule has 1 atom stereocenters. The quantitative estimate of drug-likeness (QED) is 0.734. The number of hydrogen-bond donors (Lipinski definition) is 2. The van der Waals surface area contributed by atoms with Gasteiger partial charge in [0.05, 0.1) is 12.0 Å². The number of rotatable bonds is 8. The Hall–Kier alpha value is -1.76. The van der Waals surface area contributed by atoms with Crippen LogP contribution >= 0.6 is 11.8 Å². The Morgan fingerprint density at radius 1 is 1.33 bits per heavy atom. The van der Waals surface area contributed by atoms with Crippen LogP contribution in [0.15, 0.2) is 24.3 Å². The van der Waals surface area contributed by atoms with Crippen LogP contribution in [-0.4, -0.2) is 36.6 Å². The fourth-order valence-corrected chi connectivity index (χ4v) is 2.14. The van der Waals surface area contributed by atoms with Gasteiger partial charge in [-0.1, -0.05) is 12.1 Å². The Labute approximate surface area is 127 Å². The Kier molecular flexibility index (Phi) is 7.60. The predicted octanol–water partition coefficient (Wildman–Crippen LogP) is 0.539. The van der Waals surface area contributed by atoms with E-state index < -0.39 is 18.0 Å². The lowest BCUT2D eigenvalue weighted by molar-refractivity contribution is -0.308. The van der Waals surface area contributed by atoms with Crippen molar-refractivity contribution in [2.24, 2.45) is 0 Å². The van der Waals surface area contributed by atoms with Crippen molar-refractivity contribution in [1.29, 1.82) is 0 Å². The van der Waals surface area contributed by atoms with Crippen LogP contribution in [0, 0.1) is 5.82 Å². The highest BCUT2D eigenvalue weighted by Gasteiger charge is 2.12. The number of carbonyl (C=O) groups is 2. The molecule has 0 aromatic heterocycles. The van der Waals surface area contributed by atoms with Gasteiger partial charge in [0.25, 0.3) is 0 Å². The average molecular weight is 313 g/mol. The maximum absolute atomic E-state index is 12.7. The SMILES string of the molecule is CSCC[C@H](NC(=O)NCCc1ccc(F)cc1)C(=O)[O-]. The lowest BCUT2D eigenvalue weighted by Crippen LogP contribution is -2.51. The minimum atomic E-state index is -1.29. The molecule has 0 bridgehead atoms. The minimum Gasteiger partial charge on any atom is -0.548 e. The number of carbonyl (C=O) groups excluding carboxylic acids is 2. The summed E-state index contributed by atoms with van der Waals surface area (Å²) in [7, 11) is 0. The summed E-state index contributed by atoms with van der Waals surface area (Å²) in [4.78, 5) is 22.5. The van der Waals surface area contributed by atoms with E-state index in [1.54, 1.807) is 12.1 Å². The number of aliphatic carboxylic acids is 1. The van der Waals surface area contributed by atoms with Crippen LogP contribution in [0.2, 0.25) is 0 Å². The van der Waals surface area contributed by atoms with Gasteiger partial charge in [-0.15, -0.1) is 0 Å². The second-order valence-corrected chi connectivity index (χ2v) is 5.42. The van der Waals surface area contributed by atoms with Crippen molar-refractivity contribution in [3.63, 3.8) is 0 Å². The smallest absolute Gasteiger partial charge is 0.315 e. The molecule has 0 aliphatic carbocycles. The van der Waals surface area contributed by atoms with Gasteiger partial charge in [0.15, 0.2) is 0 Å². The molecule has 0 unspecified atom stereocenters. The van der Waals surface area contributed by atoms with E-state index in [0.29, 0.717) is 25.1 Å². The molecule has 0 saturated carbocycles. The van der Waals surface area contributed by atoms with E-state index in [0.717, 1.165) is 5.56 Å². The third-order valence-corrected chi connectivity index (χ3v) is 3.46. The average Bonchev–Trinajstić information content (AvgIpc) is 2.45.